The molecule has 0 unspecified atom stereocenters. The topological polar surface area (TPSA) is 114 Å². The van der Waals surface area contributed by atoms with Crippen molar-refractivity contribution in [2.75, 3.05) is 0 Å². The van der Waals surface area contributed by atoms with Gasteiger partial charge in [0.25, 0.3) is 0 Å². The quantitative estimate of drug-likeness (QED) is 0.527. The molecular formula is C22H9BrN4O2. The maximum atomic E-state index is 9.15. The maximum absolute atomic E-state index is 9.15. The fraction of sp³-hybridized carbons (Fsp3) is 0. The van der Waals surface area contributed by atoms with E-state index < -0.39 is 0 Å². The first kappa shape index (κ1) is 19.5. The van der Waals surface area contributed by atoms with Gasteiger partial charge in [0.1, 0.15) is 51.7 Å². The van der Waals surface area contributed by atoms with Crippen LogP contribution in [0, 0.1) is 45.3 Å². The fourth-order valence-electron chi connectivity index (χ4n) is 2.46. The average molecular weight is 441 g/mol. The standard InChI is InChI=1S/C22H9BrN4O2/c23-22-20(28-18-6-4-14(10-24)16(8-18)12-26)2-1-3-21(22)29-19-7-5-15(11-25)17(9-19)13-27/h1-9H. The van der Waals surface area contributed by atoms with Gasteiger partial charge in [-0.3, -0.25) is 0 Å². The summed E-state index contributed by atoms with van der Waals surface area (Å²) in [4.78, 5) is 0. The largest absolute Gasteiger partial charge is 0.456 e. The summed E-state index contributed by atoms with van der Waals surface area (Å²) < 4.78 is 12.2. The van der Waals surface area contributed by atoms with Crippen molar-refractivity contribution < 1.29 is 9.47 Å². The zero-order valence-electron chi connectivity index (χ0n) is 14.7. The van der Waals surface area contributed by atoms with E-state index in [0.717, 1.165) is 0 Å². The van der Waals surface area contributed by atoms with Gasteiger partial charge in [-0.05, 0) is 64.5 Å². The SMILES string of the molecule is N#Cc1ccc(Oc2cccc(Oc3ccc(C#N)c(C#N)c3)c2Br)cc1C#N. The molecule has 136 valence electrons. The summed E-state index contributed by atoms with van der Waals surface area (Å²) in [6.07, 6.45) is 0. The van der Waals surface area contributed by atoms with Crippen molar-refractivity contribution in [1.82, 2.24) is 0 Å². The molecule has 0 fully saturated rings. The normalized spacial score (nSPS) is 9.41. The molecule has 0 aliphatic heterocycles. The van der Waals surface area contributed by atoms with Crippen LogP contribution in [0.4, 0.5) is 0 Å². The van der Waals surface area contributed by atoms with Crippen LogP contribution in [0.2, 0.25) is 0 Å². The van der Waals surface area contributed by atoms with Crippen molar-refractivity contribution in [2.45, 2.75) is 0 Å². The fourth-order valence-corrected chi connectivity index (χ4v) is 2.88. The zero-order valence-corrected chi connectivity index (χ0v) is 16.3. The molecule has 0 aromatic heterocycles. The van der Waals surface area contributed by atoms with Crippen molar-refractivity contribution in [1.29, 1.82) is 21.0 Å². The minimum atomic E-state index is 0.218. The minimum Gasteiger partial charge on any atom is -0.456 e. The van der Waals surface area contributed by atoms with Gasteiger partial charge in [0.15, 0.2) is 0 Å². The Kier molecular flexibility index (Phi) is 5.77. The number of nitriles is 4. The van der Waals surface area contributed by atoms with Gasteiger partial charge in [-0.25, -0.2) is 0 Å². The molecule has 3 rings (SSSR count). The highest BCUT2D eigenvalue weighted by Gasteiger charge is 2.12. The Morgan fingerprint density at radius 3 is 1.38 bits per heavy atom. The Balaban J connectivity index is 1.90. The summed E-state index contributed by atoms with van der Waals surface area (Å²) in [6.45, 7) is 0. The van der Waals surface area contributed by atoms with Crippen LogP contribution in [0.25, 0.3) is 0 Å². The third-order valence-electron chi connectivity index (χ3n) is 3.85. The Hall–Kier alpha value is -4.30. The summed E-state index contributed by atoms with van der Waals surface area (Å²) in [7, 11) is 0. The van der Waals surface area contributed by atoms with Crippen LogP contribution < -0.4 is 9.47 Å². The van der Waals surface area contributed by atoms with E-state index in [9.17, 15) is 0 Å². The summed E-state index contributed by atoms with van der Waals surface area (Å²) in [6, 6.07) is 22.2. The van der Waals surface area contributed by atoms with Crippen LogP contribution in [0.1, 0.15) is 22.3 Å². The van der Waals surface area contributed by atoms with E-state index in [1.165, 1.54) is 24.3 Å². The van der Waals surface area contributed by atoms with Gasteiger partial charge in [-0.2, -0.15) is 21.0 Å². The Morgan fingerprint density at radius 1 is 0.586 bits per heavy atom. The molecule has 0 aliphatic carbocycles. The van der Waals surface area contributed by atoms with Gasteiger partial charge < -0.3 is 9.47 Å². The molecule has 3 aromatic carbocycles. The number of hydrogen-bond acceptors (Lipinski definition) is 6. The summed E-state index contributed by atoms with van der Waals surface area (Å²) >= 11 is 3.44. The third kappa shape index (κ3) is 4.18. The smallest absolute Gasteiger partial charge is 0.145 e. The molecule has 6 nitrogen and oxygen atoms in total. The summed E-state index contributed by atoms with van der Waals surface area (Å²) in [5.74, 6) is 1.66. The lowest BCUT2D eigenvalue weighted by Crippen LogP contribution is -1.92. The van der Waals surface area contributed by atoms with Gasteiger partial charge >= 0.3 is 0 Å². The molecule has 0 bridgehead atoms. The molecule has 0 saturated heterocycles. The van der Waals surface area contributed by atoms with Crippen LogP contribution in [-0.2, 0) is 0 Å². The second-order valence-corrected chi connectivity index (χ2v) is 6.43. The predicted molar refractivity (Wildman–Crippen MR) is 106 cm³/mol. The van der Waals surface area contributed by atoms with Gasteiger partial charge in [0.05, 0.1) is 22.3 Å². The number of rotatable bonds is 4. The van der Waals surface area contributed by atoms with Crippen LogP contribution in [-0.4, -0.2) is 0 Å². The van der Waals surface area contributed by atoms with Crippen molar-refractivity contribution in [3.05, 3.63) is 81.3 Å². The lowest BCUT2D eigenvalue weighted by atomic mass is 10.1. The van der Waals surface area contributed by atoms with Gasteiger partial charge in [0, 0.05) is 0 Å². The molecular weight excluding hydrogens is 432 g/mol. The van der Waals surface area contributed by atoms with Crippen molar-refractivity contribution in [3.63, 3.8) is 0 Å². The molecule has 0 saturated carbocycles. The lowest BCUT2D eigenvalue weighted by molar-refractivity contribution is 0.454. The number of benzene rings is 3. The predicted octanol–water partition coefficient (Wildman–Crippen LogP) is 5.52. The number of ether oxygens (including phenoxy) is 2. The van der Waals surface area contributed by atoms with E-state index in [1.807, 2.05) is 24.3 Å². The molecule has 29 heavy (non-hydrogen) atoms. The van der Waals surface area contributed by atoms with E-state index >= 15 is 0 Å². The molecule has 0 atom stereocenters. The van der Waals surface area contributed by atoms with Gasteiger partial charge in [-0.1, -0.05) is 6.07 Å². The second kappa shape index (κ2) is 8.59. The summed E-state index contributed by atoms with van der Waals surface area (Å²) in [5, 5.41) is 36.3. The molecule has 7 heteroatoms. The van der Waals surface area contributed by atoms with Crippen LogP contribution in [0.3, 0.4) is 0 Å². The van der Waals surface area contributed by atoms with Crippen molar-refractivity contribution in [3.8, 4) is 47.3 Å². The van der Waals surface area contributed by atoms with Gasteiger partial charge in [0.2, 0.25) is 0 Å². The molecule has 0 heterocycles. The lowest BCUT2D eigenvalue weighted by Gasteiger charge is -2.13. The first-order valence-electron chi connectivity index (χ1n) is 8.12. The summed E-state index contributed by atoms with van der Waals surface area (Å²) in [5.41, 5.74) is 0.973. The number of halogens is 1. The molecule has 0 N–H and O–H groups in total. The third-order valence-corrected chi connectivity index (χ3v) is 4.63. The zero-order chi connectivity index (χ0) is 20.8. The number of hydrogen-bond donors (Lipinski definition) is 0. The molecule has 3 aromatic rings. The van der Waals surface area contributed by atoms with E-state index in [4.69, 9.17) is 30.5 Å². The average Bonchev–Trinajstić information content (AvgIpc) is 2.76. The first-order chi connectivity index (χ1) is 14.1. The van der Waals surface area contributed by atoms with E-state index in [1.54, 1.807) is 30.3 Å². The molecule has 0 radical (unpaired) electrons. The minimum absolute atomic E-state index is 0.218. The van der Waals surface area contributed by atoms with Crippen molar-refractivity contribution in [2.24, 2.45) is 0 Å². The monoisotopic (exact) mass is 440 g/mol. The maximum Gasteiger partial charge on any atom is 0.145 e. The number of nitrogens with zero attached hydrogens (tertiary/aromatic N) is 4. The van der Waals surface area contributed by atoms with Crippen molar-refractivity contribution >= 4 is 15.9 Å². The van der Waals surface area contributed by atoms with E-state index in [2.05, 4.69) is 15.9 Å². The molecule has 0 aliphatic rings. The van der Waals surface area contributed by atoms with E-state index in [0.29, 0.717) is 27.5 Å². The highest BCUT2D eigenvalue weighted by molar-refractivity contribution is 9.10. The Bertz CT molecular complexity index is 1180. The highest BCUT2D eigenvalue weighted by Crippen LogP contribution is 2.39. The first-order valence-corrected chi connectivity index (χ1v) is 8.91. The second-order valence-electron chi connectivity index (χ2n) is 5.63. The highest BCUT2D eigenvalue weighted by atomic mass is 79.9. The van der Waals surface area contributed by atoms with Gasteiger partial charge in [-0.15, -0.1) is 0 Å². The molecule has 0 spiro atoms. The van der Waals surface area contributed by atoms with Crippen LogP contribution >= 0.6 is 15.9 Å². The molecule has 0 amide bonds. The van der Waals surface area contributed by atoms with Crippen LogP contribution in [0.15, 0.2) is 59.1 Å². The Labute approximate surface area is 175 Å². The van der Waals surface area contributed by atoms with E-state index in [-0.39, 0.29) is 22.3 Å². The van der Waals surface area contributed by atoms with Crippen LogP contribution in [0.5, 0.6) is 23.0 Å². The Morgan fingerprint density at radius 2 is 1.00 bits per heavy atom.